The zero-order chi connectivity index (χ0) is 22.8. The van der Waals surface area contributed by atoms with Crippen LogP contribution in [0, 0.1) is 0 Å². The molecular formula is C25H28O6. The van der Waals surface area contributed by atoms with E-state index in [0.29, 0.717) is 11.1 Å². The van der Waals surface area contributed by atoms with Gasteiger partial charge in [0, 0.05) is 12.0 Å². The Bertz CT molecular complexity index is 1030. The van der Waals surface area contributed by atoms with Crippen molar-refractivity contribution in [3.8, 4) is 5.75 Å². The van der Waals surface area contributed by atoms with Gasteiger partial charge >= 0.3 is 0 Å². The standard InChI is InChI=1S/C25H28O6/c1-16(2)20(26)14-13-17(3)23(28)25(29,30)24(18-9-5-4-6-10-18)15-21(27)19-11-7-8-12-22(19)31-24/h4-12,26,28-30H,13-15H2,1-3H3/b23-17-. The third-order valence-corrected chi connectivity index (χ3v) is 5.73. The number of fused-ring (bicyclic) bond motifs is 1. The van der Waals surface area contributed by atoms with Gasteiger partial charge in [0.1, 0.15) is 5.75 Å². The van der Waals surface area contributed by atoms with E-state index in [1.54, 1.807) is 75.4 Å². The largest absolute Gasteiger partial charge is 0.512 e. The van der Waals surface area contributed by atoms with Crippen LogP contribution in [0.25, 0.3) is 0 Å². The van der Waals surface area contributed by atoms with Gasteiger partial charge in [-0.15, -0.1) is 0 Å². The highest BCUT2D eigenvalue weighted by Gasteiger charge is 2.60. The second-order valence-electron chi connectivity index (χ2n) is 8.14. The first-order valence-electron chi connectivity index (χ1n) is 10.2. The molecule has 0 spiro atoms. The average Bonchev–Trinajstić information content (AvgIpc) is 2.76. The van der Waals surface area contributed by atoms with Gasteiger partial charge in [0.15, 0.2) is 11.5 Å². The van der Waals surface area contributed by atoms with Crippen LogP contribution in [0.3, 0.4) is 0 Å². The molecule has 6 heteroatoms. The third-order valence-electron chi connectivity index (χ3n) is 5.73. The maximum atomic E-state index is 13.0. The van der Waals surface area contributed by atoms with Crippen molar-refractivity contribution in [2.24, 2.45) is 0 Å². The van der Waals surface area contributed by atoms with Gasteiger partial charge in [-0.05, 0) is 50.5 Å². The van der Waals surface area contributed by atoms with E-state index in [1.807, 2.05) is 0 Å². The molecule has 31 heavy (non-hydrogen) atoms. The Morgan fingerprint density at radius 3 is 2.23 bits per heavy atom. The molecule has 0 amide bonds. The molecule has 1 aliphatic rings. The number of rotatable bonds is 6. The lowest BCUT2D eigenvalue weighted by molar-refractivity contribution is -0.261. The van der Waals surface area contributed by atoms with Crippen molar-refractivity contribution in [3.63, 3.8) is 0 Å². The third kappa shape index (κ3) is 4.09. The van der Waals surface area contributed by atoms with E-state index < -0.39 is 17.1 Å². The molecule has 0 saturated heterocycles. The smallest absolute Gasteiger partial charge is 0.268 e. The lowest BCUT2D eigenvalue weighted by Gasteiger charge is -2.45. The molecule has 0 bridgehead atoms. The number of aliphatic hydroxyl groups excluding tert-OH is 2. The topological polar surface area (TPSA) is 107 Å². The molecule has 0 fully saturated rings. The highest BCUT2D eigenvalue weighted by molar-refractivity contribution is 6.00. The first-order chi connectivity index (χ1) is 14.6. The summed E-state index contributed by atoms with van der Waals surface area (Å²) < 4.78 is 6.10. The molecule has 0 radical (unpaired) electrons. The minimum Gasteiger partial charge on any atom is -0.512 e. The normalized spacial score (nSPS) is 19.2. The molecule has 1 aliphatic heterocycles. The van der Waals surface area contributed by atoms with Crippen LogP contribution in [0.1, 0.15) is 56.0 Å². The average molecular weight is 424 g/mol. The fraction of sp³-hybridized carbons (Fsp3) is 0.320. The Balaban J connectivity index is 2.11. The molecule has 1 atom stereocenters. The number of benzene rings is 2. The summed E-state index contributed by atoms with van der Waals surface area (Å²) >= 11 is 0. The van der Waals surface area contributed by atoms with Crippen molar-refractivity contribution in [2.75, 3.05) is 0 Å². The van der Waals surface area contributed by atoms with Gasteiger partial charge in [0.05, 0.1) is 17.7 Å². The van der Waals surface area contributed by atoms with Crippen molar-refractivity contribution >= 4 is 5.78 Å². The van der Waals surface area contributed by atoms with E-state index in [2.05, 4.69) is 0 Å². The molecule has 0 aromatic heterocycles. The molecular weight excluding hydrogens is 396 g/mol. The summed E-state index contributed by atoms with van der Waals surface area (Å²) in [4.78, 5) is 13.0. The molecule has 2 aromatic rings. The van der Waals surface area contributed by atoms with Crippen LogP contribution in [0.4, 0.5) is 0 Å². The van der Waals surface area contributed by atoms with E-state index in [4.69, 9.17) is 4.74 Å². The van der Waals surface area contributed by atoms with Gasteiger partial charge in [-0.25, -0.2) is 0 Å². The van der Waals surface area contributed by atoms with Crippen LogP contribution in [-0.4, -0.2) is 32.0 Å². The number of ether oxygens (including phenoxy) is 1. The maximum absolute atomic E-state index is 13.0. The molecule has 0 saturated carbocycles. The number of aliphatic hydroxyl groups is 4. The molecule has 2 aromatic carbocycles. The second kappa shape index (κ2) is 8.57. The van der Waals surface area contributed by atoms with Gasteiger partial charge in [0.25, 0.3) is 5.79 Å². The van der Waals surface area contributed by atoms with Crippen LogP contribution in [0.5, 0.6) is 5.75 Å². The summed E-state index contributed by atoms with van der Waals surface area (Å²) in [5.74, 6) is -3.55. The monoisotopic (exact) mass is 424 g/mol. The van der Waals surface area contributed by atoms with Crippen molar-refractivity contribution in [3.05, 3.63) is 88.4 Å². The predicted molar refractivity (Wildman–Crippen MR) is 117 cm³/mol. The minimum absolute atomic E-state index is 0.171. The quantitative estimate of drug-likeness (QED) is 0.396. The summed E-state index contributed by atoms with van der Waals surface area (Å²) in [6.07, 6.45) is 0.0496. The van der Waals surface area contributed by atoms with Gasteiger partial charge in [-0.3, -0.25) is 4.79 Å². The number of carbonyl (C=O) groups excluding carboxylic acids is 1. The summed E-state index contributed by atoms with van der Waals surface area (Å²) in [6.45, 7) is 5.08. The number of hydrogen-bond acceptors (Lipinski definition) is 6. The Hall–Kier alpha value is -3.09. The molecule has 0 aliphatic carbocycles. The van der Waals surface area contributed by atoms with Crippen LogP contribution < -0.4 is 4.74 Å². The Kier molecular flexibility index (Phi) is 6.25. The van der Waals surface area contributed by atoms with Gasteiger partial charge in [-0.2, -0.15) is 0 Å². The predicted octanol–water partition coefficient (Wildman–Crippen LogP) is 4.69. The number of Topliss-reactive ketones (excluding diaryl/α,β-unsaturated/α-hetero) is 1. The second-order valence-corrected chi connectivity index (χ2v) is 8.14. The summed E-state index contributed by atoms with van der Waals surface area (Å²) in [5, 5.41) is 43.5. The van der Waals surface area contributed by atoms with Crippen molar-refractivity contribution in [1.82, 2.24) is 0 Å². The van der Waals surface area contributed by atoms with Gasteiger partial charge in [0.2, 0.25) is 5.60 Å². The van der Waals surface area contributed by atoms with Crippen LogP contribution in [-0.2, 0) is 5.60 Å². The van der Waals surface area contributed by atoms with E-state index >= 15 is 0 Å². The minimum atomic E-state index is -2.90. The van der Waals surface area contributed by atoms with E-state index in [0.717, 1.165) is 5.57 Å². The first-order valence-corrected chi connectivity index (χ1v) is 10.2. The maximum Gasteiger partial charge on any atom is 0.268 e. The Morgan fingerprint density at radius 1 is 0.968 bits per heavy atom. The SMILES string of the molecule is CC(C)=C(O)CC/C(C)=C(\O)C(O)(O)C1(c2ccccc2)CC(=O)c2ccccc2O1. The van der Waals surface area contributed by atoms with E-state index in [-0.39, 0.29) is 42.1 Å². The van der Waals surface area contributed by atoms with E-state index in [1.165, 1.54) is 0 Å². The van der Waals surface area contributed by atoms with Gasteiger partial charge in [-0.1, -0.05) is 42.5 Å². The summed E-state index contributed by atoms with van der Waals surface area (Å²) in [6, 6.07) is 15.0. The van der Waals surface area contributed by atoms with Crippen LogP contribution in [0.2, 0.25) is 0 Å². The highest BCUT2D eigenvalue weighted by atomic mass is 16.6. The first kappa shape index (κ1) is 22.6. The van der Waals surface area contributed by atoms with Crippen molar-refractivity contribution < 1.29 is 30.0 Å². The molecule has 164 valence electrons. The molecule has 1 unspecified atom stereocenters. The molecule has 3 rings (SSSR count). The van der Waals surface area contributed by atoms with E-state index in [9.17, 15) is 25.2 Å². The lowest BCUT2D eigenvalue weighted by Crippen LogP contribution is -2.59. The zero-order valence-corrected chi connectivity index (χ0v) is 17.9. The Morgan fingerprint density at radius 2 is 1.58 bits per heavy atom. The fourth-order valence-electron chi connectivity index (χ4n) is 3.76. The fourth-order valence-corrected chi connectivity index (χ4v) is 3.76. The summed E-state index contributed by atoms with van der Waals surface area (Å²) in [5.41, 5.74) is -0.259. The number of ketones is 1. The number of para-hydroxylation sites is 1. The summed E-state index contributed by atoms with van der Waals surface area (Å²) in [7, 11) is 0. The molecule has 4 N–H and O–H groups in total. The number of carbonyl (C=O) groups is 1. The number of hydrogen-bond donors (Lipinski definition) is 4. The number of allylic oxidation sites excluding steroid dienone is 3. The molecule has 1 heterocycles. The Labute approximate surface area is 181 Å². The molecule has 6 nitrogen and oxygen atoms in total. The van der Waals surface area contributed by atoms with Gasteiger partial charge < -0.3 is 25.2 Å². The van der Waals surface area contributed by atoms with Crippen molar-refractivity contribution in [2.45, 2.75) is 51.4 Å². The van der Waals surface area contributed by atoms with Crippen LogP contribution in [0.15, 0.2) is 77.3 Å². The lowest BCUT2D eigenvalue weighted by atomic mass is 9.76. The zero-order valence-electron chi connectivity index (χ0n) is 17.9. The van der Waals surface area contributed by atoms with Crippen LogP contribution >= 0.6 is 0 Å². The van der Waals surface area contributed by atoms with Crippen molar-refractivity contribution in [1.29, 1.82) is 0 Å². The highest BCUT2D eigenvalue weighted by Crippen LogP contribution is 2.48.